The van der Waals surface area contributed by atoms with Crippen LogP contribution in [0.25, 0.3) is 0 Å². The third-order valence-corrected chi connectivity index (χ3v) is 5.94. The number of nitrogens with zero attached hydrogens (tertiary/aromatic N) is 2. The van der Waals surface area contributed by atoms with Crippen LogP contribution in [-0.4, -0.2) is 37.2 Å². The van der Waals surface area contributed by atoms with Gasteiger partial charge in [-0.2, -0.15) is 0 Å². The molecule has 0 bridgehead atoms. The van der Waals surface area contributed by atoms with Gasteiger partial charge in [-0.25, -0.2) is 4.98 Å². The molecule has 2 fully saturated rings. The van der Waals surface area contributed by atoms with Crippen LogP contribution in [0.15, 0.2) is 48.7 Å². The highest BCUT2D eigenvalue weighted by Gasteiger charge is 2.22. The van der Waals surface area contributed by atoms with Crippen molar-refractivity contribution < 1.29 is 9.53 Å². The molecule has 1 aromatic carbocycles. The van der Waals surface area contributed by atoms with Crippen molar-refractivity contribution in [2.45, 2.75) is 32.1 Å². The third-order valence-electron chi connectivity index (χ3n) is 5.94. The van der Waals surface area contributed by atoms with Gasteiger partial charge in [-0.1, -0.05) is 30.3 Å². The molecule has 3 heterocycles. The van der Waals surface area contributed by atoms with Crippen LogP contribution >= 0.6 is 0 Å². The summed E-state index contributed by atoms with van der Waals surface area (Å²) in [6.45, 7) is 3.47. The van der Waals surface area contributed by atoms with Gasteiger partial charge in [-0.05, 0) is 55.7 Å². The standard InChI is InChI=1S/C23H29N3O2/c27-23(20-10-14-28-15-11-20)25-22-7-6-21(17-24-22)26-12-8-19(9-13-26)16-18-4-2-1-3-5-18/h1-7,17,19-20H,8-16H2,(H,24,25,27). The molecule has 148 valence electrons. The summed E-state index contributed by atoms with van der Waals surface area (Å²) in [7, 11) is 0. The zero-order chi connectivity index (χ0) is 19.2. The summed E-state index contributed by atoms with van der Waals surface area (Å²) >= 11 is 0. The monoisotopic (exact) mass is 379 g/mol. The number of carbonyl (C=O) groups is 1. The Kier molecular flexibility index (Phi) is 6.22. The second kappa shape index (κ2) is 9.20. The predicted octanol–water partition coefficient (Wildman–Crippen LogP) is 3.91. The normalized spacial score (nSPS) is 18.8. The zero-order valence-corrected chi connectivity index (χ0v) is 16.3. The molecule has 0 spiro atoms. The van der Waals surface area contributed by atoms with Crippen molar-refractivity contribution in [1.29, 1.82) is 0 Å². The molecular formula is C23H29N3O2. The minimum Gasteiger partial charge on any atom is -0.381 e. The van der Waals surface area contributed by atoms with Crippen molar-refractivity contribution in [2.75, 3.05) is 36.5 Å². The summed E-state index contributed by atoms with van der Waals surface area (Å²) < 4.78 is 5.32. The number of rotatable bonds is 5. The molecule has 5 nitrogen and oxygen atoms in total. The number of nitrogens with one attached hydrogen (secondary N) is 1. The average molecular weight is 380 g/mol. The number of pyridine rings is 1. The number of amides is 1. The number of aromatic nitrogens is 1. The molecule has 0 saturated carbocycles. The molecule has 2 aliphatic heterocycles. The van der Waals surface area contributed by atoms with Crippen LogP contribution in [0.5, 0.6) is 0 Å². The lowest BCUT2D eigenvalue weighted by Crippen LogP contribution is -2.34. The largest absolute Gasteiger partial charge is 0.381 e. The number of ether oxygens (including phenoxy) is 1. The van der Waals surface area contributed by atoms with E-state index >= 15 is 0 Å². The first kappa shape index (κ1) is 18.9. The van der Waals surface area contributed by atoms with Crippen molar-refractivity contribution in [3.05, 3.63) is 54.2 Å². The van der Waals surface area contributed by atoms with E-state index in [-0.39, 0.29) is 11.8 Å². The van der Waals surface area contributed by atoms with Gasteiger partial charge in [0.15, 0.2) is 0 Å². The molecule has 4 rings (SSSR count). The maximum Gasteiger partial charge on any atom is 0.228 e. The van der Waals surface area contributed by atoms with E-state index in [1.54, 1.807) is 0 Å². The topological polar surface area (TPSA) is 54.5 Å². The first-order valence-corrected chi connectivity index (χ1v) is 10.4. The Morgan fingerprint density at radius 3 is 2.46 bits per heavy atom. The number of piperidine rings is 1. The van der Waals surface area contributed by atoms with E-state index in [0.29, 0.717) is 19.0 Å². The molecule has 5 heteroatoms. The second-order valence-corrected chi connectivity index (χ2v) is 7.90. The smallest absolute Gasteiger partial charge is 0.228 e. The van der Waals surface area contributed by atoms with Gasteiger partial charge in [0, 0.05) is 32.2 Å². The van der Waals surface area contributed by atoms with Crippen molar-refractivity contribution in [1.82, 2.24) is 4.98 Å². The van der Waals surface area contributed by atoms with E-state index in [1.165, 1.54) is 24.8 Å². The van der Waals surface area contributed by atoms with Crippen molar-refractivity contribution >= 4 is 17.4 Å². The summed E-state index contributed by atoms with van der Waals surface area (Å²) in [5.74, 6) is 1.49. The molecule has 1 aromatic heterocycles. The first-order chi connectivity index (χ1) is 13.8. The summed E-state index contributed by atoms with van der Waals surface area (Å²) in [5.41, 5.74) is 2.58. The maximum atomic E-state index is 12.3. The summed E-state index contributed by atoms with van der Waals surface area (Å²) in [6.07, 6.45) is 7.05. The highest BCUT2D eigenvalue weighted by molar-refractivity contribution is 5.91. The minimum atomic E-state index is 0.0406. The fraction of sp³-hybridized carbons (Fsp3) is 0.478. The van der Waals surface area contributed by atoms with E-state index in [4.69, 9.17) is 4.74 Å². The van der Waals surface area contributed by atoms with Gasteiger partial charge in [0.2, 0.25) is 5.91 Å². The molecular weight excluding hydrogens is 350 g/mol. The molecule has 0 unspecified atom stereocenters. The van der Waals surface area contributed by atoms with E-state index in [9.17, 15) is 4.79 Å². The Morgan fingerprint density at radius 1 is 1.04 bits per heavy atom. The average Bonchev–Trinajstić information content (AvgIpc) is 2.76. The Balaban J connectivity index is 1.27. The lowest BCUT2D eigenvalue weighted by atomic mass is 9.90. The Hall–Kier alpha value is -2.40. The quantitative estimate of drug-likeness (QED) is 0.856. The summed E-state index contributed by atoms with van der Waals surface area (Å²) in [6, 6.07) is 14.8. The van der Waals surface area contributed by atoms with Gasteiger partial charge in [0.05, 0.1) is 11.9 Å². The number of carbonyl (C=O) groups excluding carboxylic acids is 1. The molecule has 2 aromatic rings. The van der Waals surface area contributed by atoms with Crippen LogP contribution in [0.1, 0.15) is 31.2 Å². The molecule has 2 aliphatic rings. The highest BCUT2D eigenvalue weighted by atomic mass is 16.5. The third kappa shape index (κ3) is 4.90. The number of anilines is 2. The fourth-order valence-corrected chi connectivity index (χ4v) is 4.18. The van der Waals surface area contributed by atoms with Crippen LogP contribution in [0.3, 0.4) is 0 Å². The highest BCUT2D eigenvalue weighted by Crippen LogP contribution is 2.26. The van der Waals surface area contributed by atoms with E-state index < -0.39 is 0 Å². The van der Waals surface area contributed by atoms with Crippen LogP contribution in [0, 0.1) is 11.8 Å². The molecule has 0 atom stereocenters. The van der Waals surface area contributed by atoms with Crippen LogP contribution in [0.4, 0.5) is 11.5 Å². The minimum absolute atomic E-state index is 0.0406. The van der Waals surface area contributed by atoms with Gasteiger partial charge < -0.3 is 15.0 Å². The lowest BCUT2D eigenvalue weighted by molar-refractivity contribution is -0.122. The first-order valence-electron chi connectivity index (χ1n) is 10.4. The van der Waals surface area contributed by atoms with Crippen LogP contribution < -0.4 is 10.2 Å². The predicted molar refractivity (Wildman–Crippen MR) is 111 cm³/mol. The Morgan fingerprint density at radius 2 is 1.79 bits per heavy atom. The molecule has 0 radical (unpaired) electrons. The van der Waals surface area contributed by atoms with Crippen molar-refractivity contribution in [3.63, 3.8) is 0 Å². The molecule has 1 N–H and O–H groups in total. The van der Waals surface area contributed by atoms with Crippen molar-refractivity contribution in [2.24, 2.45) is 11.8 Å². The van der Waals surface area contributed by atoms with Gasteiger partial charge in [-0.15, -0.1) is 0 Å². The Bertz CT molecular complexity index is 749. The number of hydrogen-bond donors (Lipinski definition) is 1. The summed E-state index contributed by atoms with van der Waals surface area (Å²) in [4.78, 5) is 19.2. The van der Waals surface area contributed by atoms with Gasteiger partial charge in [0.25, 0.3) is 0 Å². The van der Waals surface area contributed by atoms with Crippen LogP contribution in [-0.2, 0) is 16.0 Å². The number of benzene rings is 1. The van der Waals surface area contributed by atoms with Crippen LogP contribution in [0.2, 0.25) is 0 Å². The lowest BCUT2D eigenvalue weighted by Gasteiger charge is -2.33. The van der Waals surface area contributed by atoms with E-state index in [1.807, 2.05) is 12.3 Å². The molecule has 2 saturated heterocycles. The second-order valence-electron chi connectivity index (χ2n) is 7.90. The SMILES string of the molecule is O=C(Nc1ccc(N2CCC(Cc3ccccc3)CC2)cn1)C1CCOCC1. The van der Waals surface area contributed by atoms with Gasteiger partial charge in [-0.3, -0.25) is 4.79 Å². The fourth-order valence-electron chi connectivity index (χ4n) is 4.18. The molecule has 28 heavy (non-hydrogen) atoms. The van der Waals surface area contributed by atoms with Crippen molar-refractivity contribution in [3.8, 4) is 0 Å². The Labute approximate surface area is 167 Å². The van der Waals surface area contributed by atoms with Gasteiger partial charge in [0.1, 0.15) is 5.82 Å². The van der Waals surface area contributed by atoms with Gasteiger partial charge >= 0.3 is 0 Å². The van der Waals surface area contributed by atoms with E-state index in [2.05, 4.69) is 51.6 Å². The van der Waals surface area contributed by atoms with E-state index in [0.717, 1.165) is 37.5 Å². The molecule has 0 aliphatic carbocycles. The zero-order valence-electron chi connectivity index (χ0n) is 16.3. The molecule has 1 amide bonds. The summed E-state index contributed by atoms with van der Waals surface area (Å²) in [5, 5.41) is 2.95. The number of hydrogen-bond acceptors (Lipinski definition) is 4. The maximum absolute atomic E-state index is 12.3.